The largest absolute Gasteiger partial charge is 0.380 e. The molecule has 24 heavy (non-hydrogen) atoms. The fraction of sp³-hybridized carbons (Fsp3) is 0.750. The van der Waals surface area contributed by atoms with Crippen molar-refractivity contribution in [1.29, 1.82) is 0 Å². The Morgan fingerprint density at radius 1 is 1.33 bits per heavy atom. The molecule has 8 heteroatoms. The third-order valence-electron chi connectivity index (χ3n) is 4.40. The van der Waals surface area contributed by atoms with E-state index in [1.165, 1.54) is 0 Å². The lowest BCUT2D eigenvalue weighted by Gasteiger charge is -2.39. The van der Waals surface area contributed by atoms with Crippen LogP contribution in [0.3, 0.4) is 0 Å². The van der Waals surface area contributed by atoms with E-state index in [9.17, 15) is 0 Å². The van der Waals surface area contributed by atoms with Crippen LogP contribution in [0.15, 0.2) is 21.8 Å². The molecule has 3 rings (SSSR count). The van der Waals surface area contributed by atoms with E-state index < -0.39 is 0 Å². The lowest BCUT2D eigenvalue weighted by atomic mass is 9.89. The molecular formula is C16H28IN5O2. The summed E-state index contributed by atoms with van der Waals surface area (Å²) in [4.78, 5) is 9.59. The van der Waals surface area contributed by atoms with Gasteiger partial charge in [-0.2, -0.15) is 0 Å². The number of piperazine rings is 1. The van der Waals surface area contributed by atoms with Crippen LogP contribution in [0.4, 0.5) is 0 Å². The number of hydrogen-bond donors (Lipinski definition) is 1. The summed E-state index contributed by atoms with van der Waals surface area (Å²) in [6, 6.07) is 1.93. The van der Waals surface area contributed by atoms with E-state index in [0.717, 1.165) is 70.7 Å². The minimum absolute atomic E-state index is 0. The van der Waals surface area contributed by atoms with Crippen molar-refractivity contribution in [3.05, 3.63) is 18.0 Å². The van der Waals surface area contributed by atoms with Gasteiger partial charge >= 0.3 is 0 Å². The molecular weight excluding hydrogens is 421 g/mol. The Hall–Kier alpha value is -0.870. The molecule has 0 aliphatic carbocycles. The summed E-state index contributed by atoms with van der Waals surface area (Å²) < 4.78 is 10.2. The van der Waals surface area contributed by atoms with Crippen LogP contribution in [0, 0.1) is 5.41 Å². The second kappa shape index (κ2) is 9.00. The van der Waals surface area contributed by atoms with E-state index in [4.69, 9.17) is 14.3 Å². The van der Waals surface area contributed by atoms with Crippen LogP contribution in [-0.4, -0.2) is 73.4 Å². The molecule has 0 atom stereocenters. The highest BCUT2D eigenvalue weighted by Gasteiger charge is 2.33. The maximum absolute atomic E-state index is 5.32. The summed E-state index contributed by atoms with van der Waals surface area (Å²) >= 11 is 0. The number of hydrogen-bond acceptors (Lipinski definition) is 5. The van der Waals surface area contributed by atoms with E-state index in [1.807, 2.05) is 6.07 Å². The van der Waals surface area contributed by atoms with Gasteiger partial charge in [0, 0.05) is 50.7 Å². The molecule has 0 radical (unpaired) electrons. The van der Waals surface area contributed by atoms with Crippen LogP contribution in [0.25, 0.3) is 0 Å². The Morgan fingerprint density at radius 3 is 2.62 bits per heavy atom. The summed E-state index contributed by atoms with van der Waals surface area (Å²) in [6.45, 7) is 12.6. The molecule has 0 bridgehead atoms. The zero-order valence-electron chi connectivity index (χ0n) is 14.5. The van der Waals surface area contributed by atoms with Gasteiger partial charge < -0.3 is 19.5 Å². The molecule has 136 valence electrons. The monoisotopic (exact) mass is 449 g/mol. The maximum atomic E-state index is 5.32. The van der Waals surface area contributed by atoms with Crippen LogP contribution >= 0.6 is 24.0 Å². The van der Waals surface area contributed by atoms with E-state index in [-0.39, 0.29) is 29.4 Å². The van der Waals surface area contributed by atoms with Gasteiger partial charge in [0.05, 0.1) is 25.5 Å². The predicted octanol–water partition coefficient (Wildman–Crippen LogP) is 1.41. The summed E-state index contributed by atoms with van der Waals surface area (Å²) in [5.41, 5.74) is 1.21. The molecule has 7 nitrogen and oxygen atoms in total. The molecule has 0 amide bonds. The molecule has 0 aromatic carbocycles. The summed E-state index contributed by atoms with van der Waals surface area (Å²) in [6.07, 6.45) is 1.63. The molecule has 1 N–H and O–H groups in total. The molecule has 0 spiro atoms. The van der Waals surface area contributed by atoms with Gasteiger partial charge in [0.15, 0.2) is 5.96 Å². The van der Waals surface area contributed by atoms with Gasteiger partial charge in [0.2, 0.25) is 0 Å². The van der Waals surface area contributed by atoms with Gasteiger partial charge in [0.1, 0.15) is 6.26 Å². The van der Waals surface area contributed by atoms with Gasteiger partial charge in [0.25, 0.3) is 0 Å². The number of halogens is 1. The SMILES string of the molecule is CCNC(=NCC1(C)COC1)N1CCN(Cc2ccon2)CC1.I. The molecule has 3 heterocycles. The molecule has 2 aliphatic heterocycles. The van der Waals surface area contributed by atoms with Crippen LogP contribution in [0.1, 0.15) is 19.5 Å². The number of rotatable bonds is 5. The van der Waals surface area contributed by atoms with E-state index >= 15 is 0 Å². The summed E-state index contributed by atoms with van der Waals surface area (Å²) in [5.74, 6) is 1.03. The Labute approximate surface area is 160 Å². The average Bonchev–Trinajstić information content (AvgIpc) is 3.03. The Kier molecular flexibility index (Phi) is 7.30. The Bertz CT molecular complexity index is 511. The first-order valence-electron chi connectivity index (χ1n) is 8.41. The van der Waals surface area contributed by atoms with Gasteiger partial charge in [-0.1, -0.05) is 12.1 Å². The van der Waals surface area contributed by atoms with Crippen molar-refractivity contribution in [3.63, 3.8) is 0 Å². The quantitative estimate of drug-likeness (QED) is 0.417. The summed E-state index contributed by atoms with van der Waals surface area (Å²) in [5, 5.41) is 7.41. The lowest BCUT2D eigenvalue weighted by molar-refractivity contribution is -0.0946. The molecule has 2 fully saturated rings. The molecule has 1 aromatic rings. The molecule has 1 aromatic heterocycles. The molecule has 0 unspecified atom stereocenters. The standard InChI is InChI=1S/C16H27N5O2.HI/c1-3-17-15(18-11-16(2)12-22-13-16)21-7-5-20(6-8-21)10-14-4-9-23-19-14;/h4,9H,3,5-8,10-13H2,1-2H3,(H,17,18);1H. The highest BCUT2D eigenvalue weighted by molar-refractivity contribution is 14.0. The minimum Gasteiger partial charge on any atom is -0.380 e. The first-order chi connectivity index (χ1) is 11.2. The third-order valence-corrected chi connectivity index (χ3v) is 4.40. The number of aromatic nitrogens is 1. The number of aliphatic imine (C=N–C) groups is 1. The van der Waals surface area contributed by atoms with Gasteiger partial charge in [-0.05, 0) is 6.92 Å². The Balaban J connectivity index is 0.00000208. The maximum Gasteiger partial charge on any atom is 0.194 e. The number of guanidine groups is 1. The highest BCUT2D eigenvalue weighted by Crippen LogP contribution is 2.26. The van der Waals surface area contributed by atoms with Gasteiger partial charge in [-0.15, -0.1) is 24.0 Å². The van der Waals surface area contributed by atoms with E-state index in [0.29, 0.717) is 0 Å². The second-order valence-corrected chi connectivity index (χ2v) is 6.73. The van der Waals surface area contributed by atoms with Crippen LogP contribution in [-0.2, 0) is 11.3 Å². The summed E-state index contributed by atoms with van der Waals surface area (Å²) in [7, 11) is 0. The van der Waals surface area contributed by atoms with Crippen LogP contribution in [0.5, 0.6) is 0 Å². The lowest BCUT2D eigenvalue weighted by Crippen LogP contribution is -2.52. The number of nitrogens with zero attached hydrogens (tertiary/aromatic N) is 4. The van der Waals surface area contributed by atoms with Crippen molar-refractivity contribution in [2.75, 3.05) is 52.5 Å². The normalized spacial score (nSPS) is 21.1. The molecule has 2 saturated heterocycles. The first kappa shape index (κ1) is 19.5. The molecule has 0 saturated carbocycles. The number of ether oxygens (including phenoxy) is 1. The van der Waals surface area contributed by atoms with Gasteiger partial charge in [-0.3, -0.25) is 9.89 Å². The van der Waals surface area contributed by atoms with Crippen molar-refractivity contribution in [3.8, 4) is 0 Å². The zero-order valence-corrected chi connectivity index (χ0v) is 16.9. The van der Waals surface area contributed by atoms with Crippen molar-refractivity contribution < 1.29 is 9.26 Å². The average molecular weight is 449 g/mol. The van der Waals surface area contributed by atoms with Crippen LogP contribution in [0.2, 0.25) is 0 Å². The fourth-order valence-electron chi connectivity index (χ4n) is 2.90. The van der Waals surface area contributed by atoms with Crippen molar-refractivity contribution in [2.24, 2.45) is 10.4 Å². The van der Waals surface area contributed by atoms with Crippen molar-refractivity contribution in [2.45, 2.75) is 20.4 Å². The van der Waals surface area contributed by atoms with Crippen LogP contribution < -0.4 is 5.32 Å². The molecule has 2 aliphatic rings. The van der Waals surface area contributed by atoms with Crippen molar-refractivity contribution in [1.82, 2.24) is 20.3 Å². The highest BCUT2D eigenvalue weighted by atomic mass is 127. The Morgan fingerprint density at radius 2 is 2.08 bits per heavy atom. The minimum atomic E-state index is 0. The third kappa shape index (κ3) is 5.06. The van der Waals surface area contributed by atoms with E-state index in [1.54, 1.807) is 6.26 Å². The predicted molar refractivity (Wildman–Crippen MR) is 104 cm³/mol. The number of nitrogens with one attached hydrogen (secondary N) is 1. The topological polar surface area (TPSA) is 66.1 Å². The van der Waals surface area contributed by atoms with Gasteiger partial charge in [-0.25, -0.2) is 0 Å². The van der Waals surface area contributed by atoms with E-state index in [2.05, 4.69) is 34.1 Å². The van der Waals surface area contributed by atoms with Crippen molar-refractivity contribution >= 4 is 29.9 Å². The zero-order chi connectivity index (χ0) is 16.1. The smallest absolute Gasteiger partial charge is 0.194 e. The first-order valence-corrected chi connectivity index (χ1v) is 8.41. The fourth-order valence-corrected chi connectivity index (χ4v) is 2.90. The second-order valence-electron chi connectivity index (χ2n) is 6.73.